The molecular formula is C6H11ClO. The fourth-order valence-electron chi connectivity index (χ4n) is 0.692. The first-order chi connectivity index (χ1) is 3.52. The Balaban J connectivity index is 2.39. The van der Waals surface area contributed by atoms with Crippen molar-refractivity contribution < 1.29 is 4.74 Å². The van der Waals surface area contributed by atoms with Gasteiger partial charge in [0.05, 0.1) is 0 Å². The Morgan fingerprint density at radius 2 is 1.75 bits per heavy atom. The summed E-state index contributed by atoms with van der Waals surface area (Å²) in [6.45, 7) is 6.38. The molecule has 0 unspecified atom stereocenters. The number of ether oxygens (including phenoxy) is 1. The predicted molar refractivity (Wildman–Crippen MR) is 34.0 cm³/mol. The maximum atomic E-state index is 5.61. The van der Waals surface area contributed by atoms with Gasteiger partial charge < -0.3 is 4.74 Å². The summed E-state index contributed by atoms with van der Waals surface area (Å²) in [6.07, 6.45) is 0.282. The number of halogens is 1. The second-order valence-electron chi connectivity index (χ2n) is 3.27. The molecule has 1 fully saturated rings. The molecule has 0 aromatic carbocycles. The van der Waals surface area contributed by atoms with E-state index >= 15 is 0 Å². The molecule has 0 bridgehead atoms. The van der Waals surface area contributed by atoms with E-state index in [1.165, 1.54) is 0 Å². The molecule has 48 valence electrons. The summed E-state index contributed by atoms with van der Waals surface area (Å²) < 4.78 is 5.05. The Kier molecular flexibility index (Phi) is 1.28. The smallest absolute Gasteiger partial charge is 0.158 e. The van der Waals surface area contributed by atoms with Crippen molar-refractivity contribution in [2.45, 2.75) is 32.4 Å². The molecule has 0 aromatic rings. The van der Waals surface area contributed by atoms with Gasteiger partial charge in [-0.3, -0.25) is 0 Å². The Bertz CT molecular complexity index is 95.2. The second kappa shape index (κ2) is 1.61. The highest BCUT2D eigenvalue weighted by Crippen LogP contribution is 2.39. The number of hydrogen-bond donors (Lipinski definition) is 0. The minimum absolute atomic E-state index is 0.0185. The fourth-order valence-corrected chi connectivity index (χ4v) is 1.18. The van der Waals surface area contributed by atoms with E-state index in [4.69, 9.17) is 16.3 Å². The Morgan fingerprint density at radius 1 is 1.38 bits per heavy atom. The predicted octanol–water partition coefficient (Wildman–Crippen LogP) is 2.00. The lowest BCUT2D eigenvalue weighted by Gasteiger charge is -2.12. The van der Waals surface area contributed by atoms with Crippen LogP contribution in [0, 0.1) is 5.41 Å². The van der Waals surface area contributed by atoms with E-state index in [0.717, 1.165) is 0 Å². The van der Waals surface area contributed by atoms with Crippen LogP contribution in [-0.2, 0) is 4.74 Å². The van der Waals surface area contributed by atoms with Crippen molar-refractivity contribution in [3.63, 3.8) is 0 Å². The van der Waals surface area contributed by atoms with E-state index in [1.807, 2.05) is 0 Å². The van der Waals surface area contributed by atoms with Crippen LogP contribution in [0.5, 0.6) is 0 Å². The molecule has 1 heterocycles. The molecule has 0 spiro atoms. The molecule has 1 aliphatic rings. The van der Waals surface area contributed by atoms with E-state index in [2.05, 4.69) is 20.8 Å². The minimum atomic E-state index is -0.0185. The van der Waals surface area contributed by atoms with Gasteiger partial charge in [0.25, 0.3) is 0 Å². The molecule has 1 saturated heterocycles. The van der Waals surface area contributed by atoms with E-state index in [9.17, 15) is 0 Å². The van der Waals surface area contributed by atoms with Gasteiger partial charge in [-0.05, 0) is 5.41 Å². The van der Waals surface area contributed by atoms with Crippen molar-refractivity contribution in [2.75, 3.05) is 0 Å². The highest BCUT2D eigenvalue weighted by atomic mass is 35.5. The van der Waals surface area contributed by atoms with Gasteiger partial charge in [-0.25, -0.2) is 0 Å². The second-order valence-corrected chi connectivity index (χ2v) is 3.70. The van der Waals surface area contributed by atoms with Crippen molar-refractivity contribution >= 4 is 11.6 Å². The SMILES string of the molecule is CC(C)(C)[C@@H]1O[C@H]1Cl. The third kappa shape index (κ3) is 1.15. The summed E-state index contributed by atoms with van der Waals surface area (Å²) in [7, 11) is 0. The standard InChI is InChI=1S/C6H11ClO/c1-6(2,3)4-5(7)8-4/h4-5H,1-3H3/t4-,5-/m1/s1. The molecule has 1 aliphatic heterocycles. The zero-order valence-electron chi connectivity index (χ0n) is 5.44. The lowest BCUT2D eigenvalue weighted by atomic mass is 9.93. The van der Waals surface area contributed by atoms with E-state index in [1.54, 1.807) is 0 Å². The van der Waals surface area contributed by atoms with Gasteiger partial charge in [-0.15, -0.1) is 0 Å². The van der Waals surface area contributed by atoms with Crippen LogP contribution in [0.3, 0.4) is 0 Å². The number of epoxide rings is 1. The molecule has 2 atom stereocenters. The summed E-state index contributed by atoms with van der Waals surface area (Å²) in [6, 6.07) is 0. The van der Waals surface area contributed by atoms with Crippen LogP contribution >= 0.6 is 11.6 Å². The third-order valence-electron chi connectivity index (χ3n) is 1.29. The molecular weight excluding hydrogens is 124 g/mol. The average Bonchev–Trinajstić information content (AvgIpc) is 2.13. The van der Waals surface area contributed by atoms with Crippen molar-refractivity contribution in [1.82, 2.24) is 0 Å². The van der Waals surface area contributed by atoms with E-state index < -0.39 is 0 Å². The maximum Gasteiger partial charge on any atom is 0.158 e. The van der Waals surface area contributed by atoms with Gasteiger partial charge in [0.15, 0.2) is 5.56 Å². The average molecular weight is 135 g/mol. The molecule has 0 amide bonds. The normalized spacial score (nSPS) is 37.5. The molecule has 1 rings (SSSR count). The van der Waals surface area contributed by atoms with Crippen molar-refractivity contribution in [3.05, 3.63) is 0 Å². The monoisotopic (exact) mass is 134 g/mol. The zero-order chi connectivity index (χ0) is 6.36. The molecule has 2 heteroatoms. The van der Waals surface area contributed by atoms with Crippen LogP contribution in [0.1, 0.15) is 20.8 Å². The van der Waals surface area contributed by atoms with E-state index in [0.29, 0.717) is 0 Å². The maximum absolute atomic E-state index is 5.61. The highest BCUT2D eigenvalue weighted by Gasteiger charge is 2.45. The largest absolute Gasteiger partial charge is 0.352 e. The molecule has 0 radical (unpaired) electrons. The quantitative estimate of drug-likeness (QED) is 0.365. The number of rotatable bonds is 0. The summed E-state index contributed by atoms with van der Waals surface area (Å²) in [5.41, 5.74) is 0.210. The molecule has 8 heavy (non-hydrogen) atoms. The molecule has 0 aromatic heterocycles. The van der Waals surface area contributed by atoms with Crippen molar-refractivity contribution in [3.8, 4) is 0 Å². The summed E-state index contributed by atoms with van der Waals surface area (Å²) in [5, 5.41) is 0. The van der Waals surface area contributed by atoms with Crippen molar-refractivity contribution in [2.24, 2.45) is 5.41 Å². The van der Waals surface area contributed by atoms with Crippen LogP contribution < -0.4 is 0 Å². The van der Waals surface area contributed by atoms with Gasteiger partial charge in [0.1, 0.15) is 6.10 Å². The fraction of sp³-hybridized carbons (Fsp3) is 1.00. The summed E-state index contributed by atoms with van der Waals surface area (Å²) in [4.78, 5) is 0. The van der Waals surface area contributed by atoms with Crippen LogP contribution in [-0.4, -0.2) is 11.7 Å². The zero-order valence-corrected chi connectivity index (χ0v) is 6.20. The summed E-state index contributed by atoms with van der Waals surface area (Å²) in [5.74, 6) is 0. The van der Waals surface area contributed by atoms with Gasteiger partial charge in [-0.2, -0.15) is 0 Å². The Hall–Kier alpha value is 0.250. The topological polar surface area (TPSA) is 12.5 Å². The first-order valence-electron chi connectivity index (χ1n) is 2.81. The van der Waals surface area contributed by atoms with Crippen LogP contribution in [0.15, 0.2) is 0 Å². The summed E-state index contributed by atoms with van der Waals surface area (Å²) >= 11 is 5.61. The first kappa shape index (κ1) is 6.37. The van der Waals surface area contributed by atoms with Gasteiger partial charge in [-0.1, -0.05) is 32.4 Å². The third-order valence-corrected chi connectivity index (χ3v) is 1.62. The van der Waals surface area contributed by atoms with Crippen LogP contribution in [0.2, 0.25) is 0 Å². The minimum Gasteiger partial charge on any atom is -0.352 e. The van der Waals surface area contributed by atoms with Crippen LogP contribution in [0.4, 0.5) is 0 Å². The lowest BCUT2D eigenvalue weighted by molar-refractivity contribution is 0.264. The number of alkyl halides is 1. The first-order valence-corrected chi connectivity index (χ1v) is 3.25. The van der Waals surface area contributed by atoms with Gasteiger partial charge in [0, 0.05) is 0 Å². The Labute approximate surface area is 55.0 Å². The number of hydrogen-bond acceptors (Lipinski definition) is 1. The van der Waals surface area contributed by atoms with Gasteiger partial charge >= 0.3 is 0 Å². The van der Waals surface area contributed by atoms with E-state index in [-0.39, 0.29) is 17.1 Å². The molecule has 0 N–H and O–H groups in total. The van der Waals surface area contributed by atoms with Gasteiger partial charge in [0.2, 0.25) is 0 Å². The van der Waals surface area contributed by atoms with Crippen LogP contribution in [0.25, 0.3) is 0 Å². The highest BCUT2D eigenvalue weighted by molar-refractivity contribution is 6.21. The molecule has 1 nitrogen and oxygen atoms in total. The van der Waals surface area contributed by atoms with Crippen molar-refractivity contribution in [1.29, 1.82) is 0 Å². The lowest BCUT2D eigenvalue weighted by Crippen LogP contribution is -2.14. The Morgan fingerprint density at radius 3 is 1.75 bits per heavy atom. The molecule has 0 saturated carbocycles. The molecule has 0 aliphatic carbocycles.